The van der Waals surface area contributed by atoms with Gasteiger partial charge in [0, 0.05) is 0 Å². The third-order valence-electron chi connectivity index (χ3n) is 6.55. The first kappa shape index (κ1) is 31.2. The maximum Gasteiger partial charge on any atom is 0.547 e. The predicted octanol–water partition coefficient (Wildman–Crippen LogP) is -0.862. The van der Waals surface area contributed by atoms with Gasteiger partial charge in [0.25, 0.3) is 5.56 Å². The summed E-state index contributed by atoms with van der Waals surface area (Å²) in [5, 5.41) is 20.7. The zero-order valence-corrected chi connectivity index (χ0v) is 24.6. The Hall–Kier alpha value is -4.76. The maximum absolute atomic E-state index is 15.6. The largest absolute Gasteiger partial charge is 0.547 e. The Morgan fingerprint density at radius 2 is 1.76 bits per heavy atom. The van der Waals surface area contributed by atoms with Crippen LogP contribution in [0.5, 0.6) is 0 Å². The number of nitrogen functional groups attached to an aromatic ring is 2. The summed E-state index contributed by atoms with van der Waals surface area (Å²) in [4.78, 5) is 53.8. The minimum Gasteiger partial charge on any atom is -0.465 e. The van der Waals surface area contributed by atoms with Crippen LogP contribution in [0, 0.1) is 0 Å². The van der Waals surface area contributed by atoms with Crippen LogP contribution < -0.4 is 17.0 Å². The number of rotatable bonds is 11. The molecule has 0 saturated carbocycles. The van der Waals surface area contributed by atoms with Crippen LogP contribution in [0.15, 0.2) is 46.8 Å². The molecular formula is C21H22FN10O12P2+. The van der Waals surface area contributed by atoms with Gasteiger partial charge in [-0.2, -0.15) is 9.88 Å². The van der Waals surface area contributed by atoms with Crippen LogP contribution >= 0.6 is 15.9 Å². The minimum atomic E-state index is -5.23. The number of nitrogens with two attached hydrogens (primary N) is 2. The third-order valence-corrected chi connectivity index (χ3v) is 7.78. The lowest BCUT2D eigenvalue weighted by molar-refractivity contribution is -0.0126. The van der Waals surface area contributed by atoms with E-state index in [0.29, 0.717) is 0 Å². The molecule has 46 heavy (non-hydrogen) atoms. The molecule has 0 aliphatic carbocycles. The summed E-state index contributed by atoms with van der Waals surface area (Å²) in [5.41, 5.74) is 10.5. The Labute approximate surface area is 254 Å². The second-order valence-electron chi connectivity index (χ2n) is 9.41. The molecule has 22 nitrogen and oxygen atoms in total. The first-order chi connectivity index (χ1) is 21.9. The second-order valence-corrected chi connectivity index (χ2v) is 11.8. The first-order valence-electron chi connectivity index (χ1n) is 12.7. The van der Waals surface area contributed by atoms with Crippen LogP contribution in [-0.2, 0) is 32.4 Å². The molecule has 2 aliphatic rings. The monoisotopic (exact) mass is 687 g/mol. The van der Waals surface area contributed by atoms with E-state index in [4.69, 9.17) is 34.7 Å². The topological polar surface area (TPSA) is 320 Å². The van der Waals surface area contributed by atoms with Crippen LogP contribution in [0.1, 0.15) is 12.5 Å². The standard InChI is InChI=1S/C21H21FN10O12P2/c22-9-13(40-6-45(36)37)8(43-19(9)32-5-28-11-17(32)29-21(24)30-18(11)35)2-41-46(38,39)44-14-7(1-33)42-20(12(14)34)31-4-27-10-15(23)25-3-26-16(10)31/h3-5,9,12,19-20,33-34H,1-2,6H2,(H6-,23,24,25,26,29,30,35,36,37,38,39)/p+1. The summed E-state index contributed by atoms with van der Waals surface area (Å²) < 4.78 is 68.3. The van der Waals surface area contributed by atoms with Gasteiger partial charge in [-0.25, -0.2) is 28.9 Å². The number of nitrogens with zero attached hydrogens (tertiary/aromatic N) is 7. The quantitative estimate of drug-likeness (QED) is 0.0943. The number of phosphoric acid groups is 1. The Kier molecular flexibility index (Phi) is 8.06. The van der Waals surface area contributed by atoms with Gasteiger partial charge in [-0.05, 0) is 4.57 Å². The molecule has 6 rings (SSSR count). The maximum atomic E-state index is 15.6. The number of phosphoric ester groups is 1. The van der Waals surface area contributed by atoms with E-state index in [0.717, 1.165) is 17.2 Å². The third kappa shape index (κ3) is 5.60. The van der Waals surface area contributed by atoms with Gasteiger partial charge in [-0.1, -0.05) is 0 Å². The molecule has 0 spiro atoms. The van der Waals surface area contributed by atoms with Crippen molar-refractivity contribution in [2.24, 2.45) is 0 Å². The molecule has 6 unspecified atom stereocenters. The number of fused-ring (bicyclic) bond motifs is 2. The molecule has 6 atom stereocenters. The Morgan fingerprint density at radius 1 is 1.07 bits per heavy atom. The number of hydrogen-bond donors (Lipinski definition) is 7. The SMILES string of the molecule is Nc1nc2c(ncn2C2OC(COP(=O)(O)OC3=C(CO)OC(n4cnc5c(N)ncnc54)C3O)=C(OC[P+](=O)O)C2F)c(=O)[nH]1. The predicted molar refractivity (Wildman–Crippen MR) is 147 cm³/mol. The number of halogens is 1. The molecule has 0 amide bonds. The van der Waals surface area contributed by atoms with E-state index in [9.17, 15) is 33.9 Å². The zero-order valence-electron chi connectivity index (χ0n) is 22.8. The van der Waals surface area contributed by atoms with Gasteiger partial charge in [0.05, 0.1) is 0 Å². The van der Waals surface area contributed by atoms with Crippen molar-refractivity contribution in [1.82, 2.24) is 39.0 Å². The van der Waals surface area contributed by atoms with Crippen molar-refractivity contribution in [2.75, 3.05) is 31.0 Å². The van der Waals surface area contributed by atoms with Crippen molar-refractivity contribution in [1.29, 1.82) is 0 Å². The molecule has 25 heteroatoms. The highest BCUT2D eigenvalue weighted by Crippen LogP contribution is 2.51. The number of imidazole rings is 2. The molecule has 6 heterocycles. The number of aromatic nitrogens is 8. The number of ether oxygens (including phenoxy) is 3. The van der Waals surface area contributed by atoms with Crippen LogP contribution in [0.2, 0.25) is 0 Å². The summed E-state index contributed by atoms with van der Waals surface area (Å²) >= 11 is 0. The van der Waals surface area contributed by atoms with E-state index >= 15 is 4.39 Å². The summed E-state index contributed by atoms with van der Waals surface area (Å²) in [7, 11) is -8.15. The molecule has 9 N–H and O–H groups in total. The summed E-state index contributed by atoms with van der Waals surface area (Å²) in [6.45, 7) is -1.90. The van der Waals surface area contributed by atoms with Crippen LogP contribution in [-0.4, -0.2) is 90.9 Å². The van der Waals surface area contributed by atoms with Crippen molar-refractivity contribution in [3.05, 3.63) is 52.4 Å². The van der Waals surface area contributed by atoms with Crippen LogP contribution in [0.3, 0.4) is 0 Å². The van der Waals surface area contributed by atoms with Gasteiger partial charge in [0.2, 0.25) is 24.6 Å². The van der Waals surface area contributed by atoms with E-state index in [1.54, 1.807) is 0 Å². The fraction of sp³-hybridized carbons (Fsp3) is 0.333. The fourth-order valence-corrected chi connectivity index (χ4v) is 5.64. The Bertz CT molecular complexity index is 2030. The van der Waals surface area contributed by atoms with Crippen LogP contribution in [0.4, 0.5) is 16.2 Å². The Morgan fingerprint density at radius 3 is 2.48 bits per heavy atom. The first-order valence-corrected chi connectivity index (χ1v) is 15.6. The lowest BCUT2D eigenvalue weighted by atomic mass is 10.2. The van der Waals surface area contributed by atoms with Gasteiger partial charge in [0.15, 0.2) is 51.8 Å². The lowest BCUT2D eigenvalue weighted by Crippen LogP contribution is -2.23. The Balaban J connectivity index is 1.21. The molecular weight excluding hydrogens is 665 g/mol. The van der Waals surface area contributed by atoms with Gasteiger partial charge in [-0.15, -0.1) is 0 Å². The van der Waals surface area contributed by atoms with Gasteiger partial charge < -0.3 is 40.4 Å². The van der Waals surface area contributed by atoms with Gasteiger partial charge >= 0.3 is 22.2 Å². The normalized spacial score (nSPS) is 23.1. The summed E-state index contributed by atoms with van der Waals surface area (Å²) in [6.07, 6.45) is -4.63. The van der Waals surface area contributed by atoms with Crippen molar-refractivity contribution >= 4 is 49.9 Å². The van der Waals surface area contributed by atoms with E-state index in [-0.39, 0.29) is 34.1 Å². The van der Waals surface area contributed by atoms with E-state index in [1.165, 1.54) is 10.9 Å². The molecule has 0 bridgehead atoms. The lowest BCUT2D eigenvalue weighted by Gasteiger charge is -2.19. The van der Waals surface area contributed by atoms with Crippen molar-refractivity contribution in [2.45, 2.75) is 24.7 Å². The highest BCUT2D eigenvalue weighted by atomic mass is 31.2. The number of anilines is 2. The second kappa shape index (κ2) is 11.9. The fourth-order valence-electron chi connectivity index (χ4n) is 4.60. The molecule has 0 radical (unpaired) electrons. The van der Waals surface area contributed by atoms with Crippen molar-refractivity contribution < 1.29 is 56.8 Å². The summed E-state index contributed by atoms with van der Waals surface area (Å²) in [5.74, 6) is -2.64. The van der Waals surface area contributed by atoms with E-state index in [2.05, 4.69) is 29.9 Å². The molecule has 0 aromatic carbocycles. The molecule has 0 saturated heterocycles. The molecule has 244 valence electrons. The number of alkyl halides is 1. The van der Waals surface area contributed by atoms with Crippen molar-refractivity contribution in [3.8, 4) is 0 Å². The number of H-pyrrole nitrogens is 1. The highest BCUT2D eigenvalue weighted by molar-refractivity contribution is 7.47. The van der Waals surface area contributed by atoms with Crippen LogP contribution in [0.25, 0.3) is 22.3 Å². The number of aromatic amines is 1. The number of aliphatic hydroxyl groups is 2. The minimum absolute atomic E-state index is 0.0296. The highest BCUT2D eigenvalue weighted by Gasteiger charge is 2.45. The molecule has 4 aromatic heterocycles. The average Bonchev–Trinajstić information content (AvgIpc) is 3.76. The van der Waals surface area contributed by atoms with Gasteiger partial charge in [-0.3, -0.25) is 28.3 Å². The smallest absolute Gasteiger partial charge is 0.465 e. The molecule has 0 fully saturated rings. The van der Waals surface area contributed by atoms with E-state index < -0.39 is 88.7 Å². The zero-order chi connectivity index (χ0) is 32.9. The number of nitrogens with one attached hydrogen (secondary N) is 1. The average molecular weight is 687 g/mol. The van der Waals surface area contributed by atoms with Gasteiger partial charge in [0.1, 0.15) is 37.7 Å². The summed E-state index contributed by atoms with van der Waals surface area (Å²) in [6, 6.07) is 0. The number of aliphatic hydroxyl groups excluding tert-OH is 2. The number of hydrogen-bond acceptors (Lipinski definition) is 17. The molecule has 4 aromatic rings. The molecule has 2 aliphatic heterocycles. The van der Waals surface area contributed by atoms with E-state index in [1.807, 2.05) is 0 Å². The van der Waals surface area contributed by atoms with Crippen molar-refractivity contribution in [3.63, 3.8) is 0 Å².